The third-order valence-corrected chi connectivity index (χ3v) is 4.33. The molecule has 0 bridgehead atoms. The molecule has 0 aliphatic carbocycles. The molecule has 3 heterocycles. The molecule has 1 N–H and O–H groups in total. The molecule has 0 radical (unpaired) electrons. The molecule has 1 aromatic heterocycles. The van der Waals surface area contributed by atoms with E-state index < -0.39 is 0 Å². The van der Waals surface area contributed by atoms with Crippen LogP contribution in [0.25, 0.3) is 0 Å². The predicted octanol–water partition coefficient (Wildman–Crippen LogP) is 1.21. The standard InChI is InChI=1S/C17H19N5O3/c1-21-4-6-22(7-5-21)16-10-18-13(9-19-16)17(23)20-12-2-3-14-15(8-12)25-11-24-14/h2-3,8-10H,4-7,11H2,1H3,(H,20,23). The zero-order valence-electron chi connectivity index (χ0n) is 13.9. The lowest BCUT2D eigenvalue weighted by Crippen LogP contribution is -2.44. The number of ether oxygens (including phenoxy) is 2. The number of carbonyl (C=O) groups is 1. The largest absolute Gasteiger partial charge is 0.454 e. The van der Waals surface area contributed by atoms with Crippen molar-refractivity contribution < 1.29 is 14.3 Å². The van der Waals surface area contributed by atoms with Gasteiger partial charge in [0, 0.05) is 37.9 Å². The van der Waals surface area contributed by atoms with Crippen LogP contribution in [0.2, 0.25) is 0 Å². The maximum absolute atomic E-state index is 12.3. The Morgan fingerprint density at radius 3 is 2.64 bits per heavy atom. The molecule has 0 atom stereocenters. The molecule has 0 unspecified atom stereocenters. The summed E-state index contributed by atoms with van der Waals surface area (Å²) >= 11 is 0. The monoisotopic (exact) mass is 341 g/mol. The first kappa shape index (κ1) is 15.6. The van der Waals surface area contributed by atoms with Gasteiger partial charge in [0.25, 0.3) is 5.91 Å². The fourth-order valence-corrected chi connectivity index (χ4v) is 2.81. The number of piperazine rings is 1. The Morgan fingerprint density at radius 2 is 1.88 bits per heavy atom. The van der Waals surface area contributed by atoms with E-state index in [4.69, 9.17) is 9.47 Å². The Balaban J connectivity index is 1.42. The van der Waals surface area contributed by atoms with Crippen molar-refractivity contribution in [1.29, 1.82) is 0 Å². The number of nitrogens with one attached hydrogen (secondary N) is 1. The molecule has 8 nitrogen and oxygen atoms in total. The number of aromatic nitrogens is 2. The molecule has 1 aromatic carbocycles. The number of likely N-dealkylation sites (N-methyl/N-ethyl adjacent to an activating group) is 1. The summed E-state index contributed by atoms with van der Waals surface area (Å²) in [5, 5.41) is 2.80. The van der Waals surface area contributed by atoms with Crippen molar-refractivity contribution in [3.63, 3.8) is 0 Å². The number of hydrogen-bond acceptors (Lipinski definition) is 7. The predicted molar refractivity (Wildman–Crippen MR) is 92.3 cm³/mol. The number of carbonyl (C=O) groups excluding carboxylic acids is 1. The summed E-state index contributed by atoms with van der Waals surface area (Å²) < 4.78 is 10.6. The second kappa shape index (κ2) is 6.56. The van der Waals surface area contributed by atoms with Crippen LogP contribution in [-0.4, -0.2) is 60.8 Å². The lowest BCUT2D eigenvalue weighted by molar-refractivity contribution is 0.102. The van der Waals surface area contributed by atoms with Gasteiger partial charge >= 0.3 is 0 Å². The van der Waals surface area contributed by atoms with Crippen LogP contribution >= 0.6 is 0 Å². The Hall–Kier alpha value is -2.87. The van der Waals surface area contributed by atoms with Crippen molar-refractivity contribution in [3.8, 4) is 11.5 Å². The molecular formula is C17H19N5O3. The number of rotatable bonds is 3. The molecule has 130 valence electrons. The minimum absolute atomic E-state index is 0.200. The third kappa shape index (κ3) is 3.34. The SMILES string of the molecule is CN1CCN(c2cnc(C(=O)Nc3ccc4c(c3)OCO4)cn2)CC1. The fourth-order valence-electron chi connectivity index (χ4n) is 2.81. The van der Waals surface area contributed by atoms with E-state index >= 15 is 0 Å². The van der Waals surface area contributed by atoms with E-state index in [2.05, 4.69) is 32.1 Å². The summed E-state index contributed by atoms with van der Waals surface area (Å²) in [4.78, 5) is 25.4. The normalized spacial score (nSPS) is 16.8. The van der Waals surface area contributed by atoms with Crippen molar-refractivity contribution >= 4 is 17.4 Å². The van der Waals surface area contributed by atoms with Gasteiger partial charge < -0.3 is 24.6 Å². The van der Waals surface area contributed by atoms with Crippen LogP contribution in [0.5, 0.6) is 11.5 Å². The Labute approximate surface area is 145 Å². The van der Waals surface area contributed by atoms with Gasteiger partial charge in [0.1, 0.15) is 11.5 Å². The van der Waals surface area contributed by atoms with Gasteiger partial charge in [-0.3, -0.25) is 4.79 Å². The van der Waals surface area contributed by atoms with E-state index in [1.54, 1.807) is 24.4 Å². The molecule has 4 rings (SSSR count). The van der Waals surface area contributed by atoms with Gasteiger partial charge in [-0.25, -0.2) is 9.97 Å². The van der Waals surface area contributed by atoms with Gasteiger partial charge in [0.15, 0.2) is 11.5 Å². The molecule has 2 aliphatic heterocycles. The van der Waals surface area contributed by atoms with Crippen molar-refractivity contribution in [2.75, 3.05) is 50.2 Å². The summed E-state index contributed by atoms with van der Waals surface area (Å²) in [6.07, 6.45) is 3.16. The molecule has 1 saturated heterocycles. The van der Waals surface area contributed by atoms with Gasteiger partial charge in [-0.2, -0.15) is 0 Å². The second-order valence-electron chi connectivity index (χ2n) is 6.07. The summed E-state index contributed by atoms with van der Waals surface area (Å²) in [5.41, 5.74) is 0.898. The Kier molecular flexibility index (Phi) is 4.10. The first-order valence-electron chi connectivity index (χ1n) is 8.15. The maximum Gasteiger partial charge on any atom is 0.275 e. The zero-order valence-corrected chi connectivity index (χ0v) is 13.9. The molecule has 1 fully saturated rings. The van der Waals surface area contributed by atoms with Crippen LogP contribution in [0.15, 0.2) is 30.6 Å². The van der Waals surface area contributed by atoms with E-state index in [1.807, 2.05) is 0 Å². The van der Waals surface area contributed by atoms with Crippen LogP contribution in [-0.2, 0) is 0 Å². The van der Waals surface area contributed by atoms with E-state index in [-0.39, 0.29) is 18.4 Å². The van der Waals surface area contributed by atoms with E-state index in [0.717, 1.165) is 32.0 Å². The minimum Gasteiger partial charge on any atom is -0.454 e. The number of hydrogen-bond donors (Lipinski definition) is 1. The van der Waals surface area contributed by atoms with Crippen molar-refractivity contribution in [2.45, 2.75) is 0 Å². The lowest BCUT2D eigenvalue weighted by atomic mass is 10.2. The molecule has 8 heteroatoms. The summed E-state index contributed by atoms with van der Waals surface area (Å²) in [6.45, 7) is 4.01. The number of fused-ring (bicyclic) bond motifs is 1. The molecule has 1 amide bonds. The second-order valence-corrected chi connectivity index (χ2v) is 6.07. The average Bonchev–Trinajstić information content (AvgIpc) is 3.10. The molecular weight excluding hydrogens is 322 g/mol. The first-order valence-corrected chi connectivity index (χ1v) is 8.15. The molecule has 2 aromatic rings. The van der Waals surface area contributed by atoms with Crippen molar-refractivity contribution in [3.05, 3.63) is 36.3 Å². The smallest absolute Gasteiger partial charge is 0.275 e. The minimum atomic E-state index is -0.309. The Bertz CT molecular complexity index is 772. The van der Waals surface area contributed by atoms with Gasteiger partial charge in [-0.05, 0) is 19.2 Å². The van der Waals surface area contributed by atoms with Gasteiger partial charge in [-0.15, -0.1) is 0 Å². The van der Waals surface area contributed by atoms with Crippen LogP contribution in [0.4, 0.5) is 11.5 Å². The molecule has 25 heavy (non-hydrogen) atoms. The van der Waals surface area contributed by atoms with Crippen molar-refractivity contribution in [2.24, 2.45) is 0 Å². The maximum atomic E-state index is 12.3. The quantitative estimate of drug-likeness (QED) is 0.899. The van der Waals surface area contributed by atoms with Crippen LogP contribution < -0.4 is 19.7 Å². The Morgan fingerprint density at radius 1 is 1.08 bits per heavy atom. The summed E-state index contributed by atoms with van der Waals surface area (Å²) in [7, 11) is 2.10. The number of nitrogens with zero attached hydrogens (tertiary/aromatic N) is 4. The number of benzene rings is 1. The highest BCUT2D eigenvalue weighted by Crippen LogP contribution is 2.34. The van der Waals surface area contributed by atoms with Crippen LogP contribution in [0, 0.1) is 0 Å². The van der Waals surface area contributed by atoms with E-state index in [1.165, 1.54) is 6.20 Å². The van der Waals surface area contributed by atoms with Gasteiger partial charge in [0.2, 0.25) is 6.79 Å². The van der Waals surface area contributed by atoms with Gasteiger partial charge in [-0.1, -0.05) is 0 Å². The highest BCUT2D eigenvalue weighted by atomic mass is 16.7. The lowest BCUT2D eigenvalue weighted by Gasteiger charge is -2.32. The van der Waals surface area contributed by atoms with Crippen LogP contribution in [0.3, 0.4) is 0 Å². The van der Waals surface area contributed by atoms with Crippen molar-refractivity contribution in [1.82, 2.24) is 14.9 Å². The molecule has 2 aliphatic rings. The van der Waals surface area contributed by atoms with E-state index in [0.29, 0.717) is 17.2 Å². The third-order valence-electron chi connectivity index (χ3n) is 4.33. The first-order chi connectivity index (χ1) is 12.2. The fraction of sp³-hybridized carbons (Fsp3) is 0.353. The summed E-state index contributed by atoms with van der Waals surface area (Å²) in [5.74, 6) is 1.78. The topological polar surface area (TPSA) is 79.8 Å². The van der Waals surface area contributed by atoms with Gasteiger partial charge in [0.05, 0.1) is 12.4 Å². The number of anilines is 2. The highest BCUT2D eigenvalue weighted by molar-refractivity contribution is 6.02. The molecule has 0 spiro atoms. The average molecular weight is 341 g/mol. The number of amides is 1. The van der Waals surface area contributed by atoms with E-state index in [9.17, 15) is 4.79 Å². The molecule has 0 saturated carbocycles. The summed E-state index contributed by atoms with van der Waals surface area (Å²) in [6, 6.07) is 5.25. The zero-order chi connectivity index (χ0) is 17.2. The highest BCUT2D eigenvalue weighted by Gasteiger charge is 2.18. The van der Waals surface area contributed by atoms with Crippen LogP contribution in [0.1, 0.15) is 10.5 Å².